The Bertz CT molecular complexity index is 524. The summed E-state index contributed by atoms with van der Waals surface area (Å²) in [6.45, 7) is 5.61. The van der Waals surface area contributed by atoms with Gasteiger partial charge in [0.2, 0.25) is 11.8 Å². The van der Waals surface area contributed by atoms with Crippen molar-refractivity contribution in [2.45, 2.75) is 39.4 Å². The highest BCUT2D eigenvalue weighted by atomic mass is 16.5. The maximum absolute atomic E-state index is 11.8. The van der Waals surface area contributed by atoms with E-state index in [0.717, 1.165) is 10.6 Å². The number of aliphatic hydroxyl groups excluding tert-OH is 1. The SMILES string of the molecule is CC(C)Oc1ccc(C(O)CN2C(=O)CC(C)C2=O)cc1. The first-order valence-electron chi connectivity index (χ1n) is 7.17. The number of benzene rings is 1. The number of hydrogen-bond donors (Lipinski definition) is 1. The van der Waals surface area contributed by atoms with Gasteiger partial charge in [-0.05, 0) is 31.5 Å². The molecule has 2 amide bonds. The monoisotopic (exact) mass is 291 g/mol. The largest absolute Gasteiger partial charge is 0.491 e. The molecule has 0 spiro atoms. The molecule has 114 valence electrons. The van der Waals surface area contributed by atoms with Crippen LogP contribution in [0.5, 0.6) is 5.75 Å². The van der Waals surface area contributed by atoms with E-state index in [4.69, 9.17) is 4.74 Å². The van der Waals surface area contributed by atoms with Gasteiger partial charge in [-0.25, -0.2) is 0 Å². The van der Waals surface area contributed by atoms with E-state index in [1.165, 1.54) is 0 Å². The molecule has 1 aromatic carbocycles. The van der Waals surface area contributed by atoms with Gasteiger partial charge in [-0.2, -0.15) is 0 Å². The molecular formula is C16H21NO4. The molecule has 0 radical (unpaired) electrons. The normalized spacial score (nSPS) is 20.2. The Morgan fingerprint density at radius 1 is 1.29 bits per heavy atom. The Morgan fingerprint density at radius 2 is 1.90 bits per heavy atom. The molecule has 1 aliphatic heterocycles. The number of likely N-dealkylation sites (tertiary alicyclic amines) is 1. The van der Waals surface area contributed by atoms with E-state index in [9.17, 15) is 14.7 Å². The Kier molecular flexibility index (Phi) is 4.63. The lowest BCUT2D eigenvalue weighted by molar-refractivity contribution is -0.140. The molecule has 1 aliphatic rings. The molecule has 1 N–H and O–H groups in total. The molecule has 1 saturated heterocycles. The first kappa shape index (κ1) is 15.5. The van der Waals surface area contributed by atoms with Crippen LogP contribution in [-0.2, 0) is 9.59 Å². The number of ether oxygens (including phenoxy) is 1. The molecular weight excluding hydrogens is 270 g/mol. The predicted molar refractivity (Wildman–Crippen MR) is 77.7 cm³/mol. The van der Waals surface area contributed by atoms with Gasteiger partial charge in [-0.3, -0.25) is 14.5 Å². The van der Waals surface area contributed by atoms with E-state index >= 15 is 0 Å². The maximum Gasteiger partial charge on any atom is 0.232 e. The van der Waals surface area contributed by atoms with Gasteiger partial charge in [0.15, 0.2) is 0 Å². The first-order chi connectivity index (χ1) is 9.88. The second-order valence-corrected chi connectivity index (χ2v) is 5.70. The summed E-state index contributed by atoms with van der Waals surface area (Å²) < 4.78 is 5.53. The van der Waals surface area contributed by atoms with Crippen LogP contribution >= 0.6 is 0 Å². The summed E-state index contributed by atoms with van der Waals surface area (Å²) >= 11 is 0. The summed E-state index contributed by atoms with van der Waals surface area (Å²) in [6, 6.07) is 7.04. The van der Waals surface area contributed by atoms with E-state index in [2.05, 4.69) is 0 Å². The van der Waals surface area contributed by atoms with Gasteiger partial charge in [0.25, 0.3) is 0 Å². The molecule has 2 rings (SSSR count). The van der Waals surface area contributed by atoms with Gasteiger partial charge in [0, 0.05) is 12.3 Å². The molecule has 0 aromatic heterocycles. The smallest absolute Gasteiger partial charge is 0.232 e. The van der Waals surface area contributed by atoms with Crippen molar-refractivity contribution in [3.05, 3.63) is 29.8 Å². The molecule has 0 bridgehead atoms. The van der Waals surface area contributed by atoms with Crippen LogP contribution in [0.3, 0.4) is 0 Å². The van der Waals surface area contributed by atoms with Gasteiger partial charge >= 0.3 is 0 Å². The standard InChI is InChI=1S/C16H21NO4/c1-10(2)21-13-6-4-12(5-7-13)14(18)9-17-15(19)8-11(3)16(17)20/h4-7,10-11,14,18H,8-9H2,1-3H3. The minimum absolute atomic E-state index is 0.00634. The Hall–Kier alpha value is -1.88. The number of nitrogens with zero attached hydrogens (tertiary/aromatic N) is 1. The third-order valence-corrected chi connectivity index (χ3v) is 3.46. The third-order valence-electron chi connectivity index (χ3n) is 3.46. The number of carbonyl (C=O) groups is 2. The zero-order chi connectivity index (χ0) is 15.6. The molecule has 0 saturated carbocycles. The van der Waals surface area contributed by atoms with Crippen LogP contribution in [0.25, 0.3) is 0 Å². The maximum atomic E-state index is 11.8. The summed E-state index contributed by atoms with van der Waals surface area (Å²) in [5, 5.41) is 10.2. The van der Waals surface area contributed by atoms with Crippen LogP contribution in [-0.4, -0.2) is 34.5 Å². The molecule has 2 unspecified atom stereocenters. The van der Waals surface area contributed by atoms with Crippen LogP contribution in [0.2, 0.25) is 0 Å². The average molecular weight is 291 g/mol. The molecule has 0 aliphatic carbocycles. The van der Waals surface area contributed by atoms with E-state index in [1.807, 2.05) is 13.8 Å². The van der Waals surface area contributed by atoms with Crippen molar-refractivity contribution in [2.24, 2.45) is 5.92 Å². The van der Waals surface area contributed by atoms with Crippen molar-refractivity contribution in [1.29, 1.82) is 0 Å². The van der Waals surface area contributed by atoms with Gasteiger partial charge in [-0.1, -0.05) is 19.1 Å². The topological polar surface area (TPSA) is 66.8 Å². The summed E-state index contributed by atoms with van der Waals surface area (Å²) in [4.78, 5) is 24.7. The van der Waals surface area contributed by atoms with Crippen LogP contribution in [0.1, 0.15) is 38.9 Å². The van der Waals surface area contributed by atoms with E-state index < -0.39 is 6.10 Å². The van der Waals surface area contributed by atoms with Crippen molar-refractivity contribution in [3.8, 4) is 5.75 Å². The molecule has 1 heterocycles. The number of carbonyl (C=O) groups excluding carboxylic acids is 2. The summed E-state index contributed by atoms with van der Waals surface area (Å²) in [5.41, 5.74) is 0.659. The molecule has 5 heteroatoms. The second-order valence-electron chi connectivity index (χ2n) is 5.70. The van der Waals surface area contributed by atoms with E-state index in [1.54, 1.807) is 31.2 Å². The lowest BCUT2D eigenvalue weighted by Gasteiger charge is -2.19. The lowest BCUT2D eigenvalue weighted by Crippen LogP contribution is -2.34. The molecule has 5 nitrogen and oxygen atoms in total. The van der Waals surface area contributed by atoms with E-state index in [0.29, 0.717) is 5.56 Å². The molecule has 21 heavy (non-hydrogen) atoms. The molecule has 1 aromatic rings. The van der Waals surface area contributed by atoms with Gasteiger partial charge in [0.05, 0.1) is 18.8 Å². The minimum atomic E-state index is -0.878. The zero-order valence-electron chi connectivity index (χ0n) is 12.6. The summed E-state index contributed by atoms with van der Waals surface area (Å²) in [5.74, 6) is 0.0135. The number of rotatable bonds is 5. The fourth-order valence-electron chi connectivity index (χ4n) is 2.36. The van der Waals surface area contributed by atoms with Gasteiger partial charge in [0.1, 0.15) is 5.75 Å². The Morgan fingerprint density at radius 3 is 2.38 bits per heavy atom. The second kappa shape index (κ2) is 6.26. The number of imide groups is 1. The molecule has 2 atom stereocenters. The highest BCUT2D eigenvalue weighted by Gasteiger charge is 2.36. The van der Waals surface area contributed by atoms with Gasteiger partial charge < -0.3 is 9.84 Å². The Labute approximate surface area is 124 Å². The van der Waals surface area contributed by atoms with E-state index in [-0.39, 0.29) is 36.8 Å². The van der Waals surface area contributed by atoms with Crippen LogP contribution < -0.4 is 4.74 Å². The third kappa shape index (κ3) is 3.61. The fourth-order valence-corrected chi connectivity index (χ4v) is 2.36. The number of aliphatic hydroxyl groups is 1. The van der Waals surface area contributed by atoms with Crippen LogP contribution in [0.15, 0.2) is 24.3 Å². The lowest BCUT2D eigenvalue weighted by atomic mass is 10.1. The quantitative estimate of drug-likeness (QED) is 0.841. The number of β-amino-alcohol motifs (C(OH)–C–C–N with tert-alkyl or cyclic N) is 1. The van der Waals surface area contributed by atoms with Crippen molar-refractivity contribution >= 4 is 11.8 Å². The zero-order valence-corrected chi connectivity index (χ0v) is 12.6. The van der Waals surface area contributed by atoms with Crippen LogP contribution in [0.4, 0.5) is 0 Å². The summed E-state index contributed by atoms with van der Waals surface area (Å²) in [6.07, 6.45) is -0.564. The number of hydrogen-bond acceptors (Lipinski definition) is 4. The first-order valence-corrected chi connectivity index (χ1v) is 7.17. The predicted octanol–water partition coefficient (Wildman–Crippen LogP) is 1.90. The average Bonchev–Trinajstić information content (AvgIpc) is 2.65. The highest BCUT2D eigenvalue weighted by molar-refractivity contribution is 6.03. The summed E-state index contributed by atoms with van der Waals surface area (Å²) in [7, 11) is 0. The van der Waals surface area contributed by atoms with Crippen molar-refractivity contribution < 1.29 is 19.4 Å². The van der Waals surface area contributed by atoms with Crippen molar-refractivity contribution in [3.63, 3.8) is 0 Å². The minimum Gasteiger partial charge on any atom is -0.491 e. The number of amides is 2. The molecule has 1 fully saturated rings. The van der Waals surface area contributed by atoms with Crippen molar-refractivity contribution in [1.82, 2.24) is 4.90 Å². The van der Waals surface area contributed by atoms with Crippen LogP contribution in [0, 0.1) is 5.92 Å². The van der Waals surface area contributed by atoms with Gasteiger partial charge in [-0.15, -0.1) is 0 Å². The highest BCUT2D eigenvalue weighted by Crippen LogP contribution is 2.24. The van der Waals surface area contributed by atoms with Crippen molar-refractivity contribution in [2.75, 3.05) is 6.54 Å². The fraction of sp³-hybridized carbons (Fsp3) is 0.500. The Balaban J connectivity index is 2.02.